The van der Waals surface area contributed by atoms with Gasteiger partial charge in [-0.25, -0.2) is 9.80 Å². The maximum absolute atomic E-state index is 12.6. The Bertz CT molecular complexity index is 1020. The van der Waals surface area contributed by atoms with Crippen molar-refractivity contribution < 1.29 is 9.90 Å². The molecular formula is C19H22N4O4. The molecule has 2 heterocycles. The van der Waals surface area contributed by atoms with Crippen LogP contribution in [0.25, 0.3) is 0 Å². The van der Waals surface area contributed by atoms with Gasteiger partial charge in [0.15, 0.2) is 0 Å². The molecule has 8 heteroatoms. The van der Waals surface area contributed by atoms with Crippen molar-refractivity contribution in [2.45, 2.75) is 32.2 Å². The van der Waals surface area contributed by atoms with Crippen LogP contribution in [-0.2, 0) is 18.9 Å². The van der Waals surface area contributed by atoms with Crippen LogP contribution >= 0.6 is 0 Å². The molecule has 0 radical (unpaired) electrons. The molecule has 27 heavy (non-hydrogen) atoms. The molecule has 1 aromatic carbocycles. The number of amides is 1. The number of hydrogen-bond donors (Lipinski definition) is 1. The molecule has 8 nitrogen and oxygen atoms in total. The van der Waals surface area contributed by atoms with Crippen LogP contribution < -0.4 is 11.2 Å². The Morgan fingerprint density at radius 3 is 2.48 bits per heavy atom. The Labute approximate surface area is 156 Å². The summed E-state index contributed by atoms with van der Waals surface area (Å²) < 4.78 is 1.92. The summed E-state index contributed by atoms with van der Waals surface area (Å²) in [7, 11) is 2.72. The van der Waals surface area contributed by atoms with Crippen molar-refractivity contribution in [1.29, 1.82) is 0 Å². The first kappa shape index (κ1) is 18.6. The van der Waals surface area contributed by atoms with Gasteiger partial charge in [0.2, 0.25) is 11.8 Å². The zero-order valence-electron chi connectivity index (χ0n) is 15.5. The molecular weight excluding hydrogens is 348 g/mol. The molecule has 0 saturated carbocycles. The predicted molar refractivity (Wildman–Crippen MR) is 101 cm³/mol. The number of benzene rings is 1. The summed E-state index contributed by atoms with van der Waals surface area (Å²) in [5.41, 5.74) is -0.125. The van der Waals surface area contributed by atoms with Gasteiger partial charge in [-0.15, -0.1) is 0 Å². The summed E-state index contributed by atoms with van der Waals surface area (Å²) in [6.07, 6.45) is 1.28. The fraction of sp³-hybridized carbons (Fsp3) is 0.368. The molecule has 1 N–H and O–H groups in total. The lowest BCUT2D eigenvalue weighted by Gasteiger charge is -2.21. The highest BCUT2D eigenvalue weighted by Gasteiger charge is 2.35. The number of rotatable bonds is 4. The van der Waals surface area contributed by atoms with Gasteiger partial charge >= 0.3 is 5.69 Å². The number of nitrogens with zero attached hydrogens (tertiary/aromatic N) is 4. The lowest BCUT2D eigenvalue weighted by atomic mass is 9.99. The van der Waals surface area contributed by atoms with Crippen LogP contribution in [0.5, 0.6) is 5.88 Å². The molecule has 1 amide bonds. The molecule has 1 aromatic heterocycles. The van der Waals surface area contributed by atoms with Gasteiger partial charge in [-0.1, -0.05) is 37.3 Å². The summed E-state index contributed by atoms with van der Waals surface area (Å²) in [4.78, 5) is 37.2. The van der Waals surface area contributed by atoms with Gasteiger partial charge in [0.25, 0.3) is 5.56 Å². The van der Waals surface area contributed by atoms with E-state index < -0.39 is 17.1 Å². The molecule has 1 atom stereocenters. The number of hydrazone groups is 1. The second kappa shape index (κ2) is 7.22. The Balaban J connectivity index is 2.13. The second-order valence-electron chi connectivity index (χ2n) is 6.57. The Morgan fingerprint density at radius 1 is 1.19 bits per heavy atom. The van der Waals surface area contributed by atoms with Crippen LogP contribution in [0, 0.1) is 0 Å². The average molecular weight is 370 g/mol. The number of aromatic hydroxyl groups is 1. The van der Waals surface area contributed by atoms with Crippen molar-refractivity contribution in [3.63, 3.8) is 0 Å². The minimum absolute atomic E-state index is 0.0488. The van der Waals surface area contributed by atoms with Crippen LogP contribution in [-0.4, -0.2) is 30.9 Å². The molecule has 0 bridgehead atoms. The molecule has 0 aliphatic carbocycles. The fourth-order valence-corrected chi connectivity index (χ4v) is 3.24. The highest BCUT2D eigenvalue weighted by Crippen LogP contribution is 2.33. The van der Waals surface area contributed by atoms with Gasteiger partial charge in [-0.2, -0.15) is 5.10 Å². The molecule has 1 unspecified atom stereocenters. The summed E-state index contributed by atoms with van der Waals surface area (Å²) >= 11 is 0. The average Bonchev–Trinajstić information content (AvgIpc) is 3.11. The molecule has 0 saturated heterocycles. The van der Waals surface area contributed by atoms with E-state index in [-0.39, 0.29) is 23.9 Å². The predicted octanol–water partition coefficient (Wildman–Crippen LogP) is 1.27. The Kier molecular flexibility index (Phi) is 4.98. The van der Waals surface area contributed by atoms with Gasteiger partial charge in [-0.3, -0.25) is 18.7 Å². The molecule has 0 fully saturated rings. The summed E-state index contributed by atoms with van der Waals surface area (Å²) in [5, 5.41) is 16.2. The van der Waals surface area contributed by atoms with E-state index in [2.05, 4.69) is 5.10 Å². The lowest BCUT2D eigenvalue weighted by Crippen LogP contribution is -2.39. The maximum Gasteiger partial charge on any atom is 0.333 e. The third-order valence-electron chi connectivity index (χ3n) is 4.74. The van der Waals surface area contributed by atoms with Crippen LogP contribution in [0.2, 0.25) is 0 Å². The van der Waals surface area contributed by atoms with Crippen molar-refractivity contribution in [2.24, 2.45) is 19.2 Å². The summed E-state index contributed by atoms with van der Waals surface area (Å²) in [6, 6.07) is 9.06. The van der Waals surface area contributed by atoms with Crippen LogP contribution in [0.15, 0.2) is 45.0 Å². The van der Waals surface area contributed by atoms with E-state index in [4.69, 9.17) is 0 Å². The van der Waals surface area contributed by atoms with Crippen molar-refractivity contribution >= 4 is 11.6 Å². The smallest absolute Gasteiger partial charge is 0.333 e. The first-order chi connectivity index (χ1) is 12.9. The van der Waals surface area contributed by atoms with E-state index in [1.54, 1.807) is 0 Å². The van der Waals surface area contributed by atoms with Crippen molar-refractivity contribution in [3.8, 4) is 5.88 Å². The fourth-order valence-electron chi connectivity index (χ4n) is 3.24. The maximum atomic E-state index is 12.6. The summed E-state index contributed by atoms with van der Waals surface area (Å²) in [5.74, 6) is -0.596. The van der Waals surface area contributed by atoms with Gasteiger partial charge in [0, 0.05) is 26.9 Å². The number of hydrogen-bond acceptors (Lipinski definition) is 5. The van der Waals surface area contributed by atoms with E-state index in [0.29, 0.717) is 18.6 Å². The molecule has 1 aliphatic rings. The third kappa shape index (κ3) is 3.18. The van der Waals surface area contributed by atoms with Crippen molar-refractivity contribution in [1.82, 2.24) is 14.1 Å². The highest BCUT2D eigenvalue weighted by atomic mass is 16.3. The standard InChI is InChI=1S/C19H22N4O4/c1-4-8-15(24)23-14(12-9-6-5-7-10-12)11-13(20-23)16-17(25)21(2)19(27)22(3)18(16)26/h5-7,9-10,14,25H,4,8,11H2,1-3H3. The van der Waals surface area contributed by atoms with E-state index in [0.717, 1.165) is 14.7 Å². The zero-order chi connectivity index (χ0) is 19.7. The molecule has 0 spiro atoms. The Hall–Kier alpha value is -3.16. The van der Waals surface area contributed by atoms with Gasteiger partial charge < -0.3 is 5.11 Å². The SMILES string of the molecule is CCCC(=O)N1N=C(c2c(O)n(C)c(=O)n(C)c2=O)CC1c1ccccc1. The Morgan fingerprint density at radius 2 is 1.85 bits per heavy atom. The number of carbonyl (C=O) groups is 1. The van der Waals surface area contributed by atoms with Crippen LogP contribution in [0.4, 0.5) is 0 Å². The number of aromatic nitrogens is 2. The quantitative estimate of drug-likeness (QED) is 0.876. The third-order valence-corrected chi connectivity index (χ3v) is 4.74. The van der Waals surface area contributed by atoms with E-state index >= 15 is 0 Å². The van der Waals surface area contributed by atoms with E-state index in [1.807, 2.05) is 37.3 Å². The minimum Gasteiger partial charge on any atom is -0.494 e. The second-order valence-corrected chi connectivity index (χ2v) is 6.57. The largest absolute Gasteiger partial charge is 0.494 e. The van der Waals surface area contributed by atoms with Crippen LogP contribution in [0.3, 0.4) is 0 Å². The summed E-state index contributed by atoms with van der Waals surface area (Å²) in [6.45, 7) is 1.91. The molecule has 3 rings (SSSR count). The van der Waals surface area contributed by atoms with Crippen molar-refractivity contribution in [3.05, 3.63) is 62.3 Å². The van der Waals surface area contributed by atoms with E-state index in [1.165, 1.54) is 19.1 Å². The first-order valence-electron chi connectivity index (χ1n) is 8.80. The lowest BCUT2D eigenvalue weighted by molar-refractivity contribution is -0.133. The number of carbonyl (C=O) groups excluding carboxylic acids is 1. The zero-order valence-corrected chi connectivity index (χ0v) is 15.5. The van der Waals surface area contributed by atoms with Crippen molar-refractivity contribution in [2.75, 3.05) is 0 Å². The monoisotopic (exact) mass is 370 g/mol. The van der Waals surface area contributed by atoms with Crippen LogP contribution in [0.1, 0.15) is 43.4 Å². The molecule has 1 aliphatic heterocycles. The minimum atomic E-state index is -0.633. The highest BCUT2D eigenvalue weighted by molar-refractivity contribution is 6.04. The first-order valence-corrected chi connectivity index (χ1v) is 8.80. The van der Waals surface area contributed by atoms with Gasteiger partial charge in [0.05, 0.1) is 11.8 Å². The topological polar surface area (TPSA) is 96.9 Å². The van der Waals surface area contributed by atoms with Gasteiger partial charge in [0.1, 0.15) is 5.56 Å². The van der Waals surface area contributed by atoms with E-state index in [9.17, 15) is 19.5 Å². The molecule has 2 aromatic rings. The normalized spacial score (nSPS) is 16.5. The van der Waals surface area contributed by atoms with Gasteiger partial charge in [-0.05, 0) is 12.0 Å². The molecule has 142 valence electrons.